The van der Waals surface area contributed by atoms with Crippen LogP contribution < -0.4 is 4.74 Å². The summed E-state index contributed by atoms with van der Waals surface area (Å²) in [5.41, 5.74) is 0.673. The van der Waals surface area contributed by atoms with E-state index in [4.69, 9.17) is 9.47 Å². The first-order valence-electron chi connectivity index (χ1n) is 7.90. The number of rotatable bonds is 5. The van der Waals surface area contributed by atoms with Gasteiger partial charge in [0.25, 0.3) is 5.91 Å². The van der Waals surface area contributed by atoms with E-state index < -0.39 is 12.1 Å². The van der Waals surface area contributed by atoms with Crippen LogP contribution in [-0.4, -0.2) is 54.8 Å². The lowest BCUT2D eigenvalue weighted by atomic mass is 9.86. The third kappa shape index (κ3) is 3.47. The summed E-state index contributed by atoms with van der Waals surface area (Å²) in [6.45, 7) is 1.24. The number of benzene rings is 1. The van der Waals surface area contributed by atoms with Crippen LogP contribution in [0.25, 0.3) is 0 Å². The van der Waals surface area contributed by atoms with Crippen LogP contribution in [0, 0.1) is 5.92 Å². The van der Waals surface area contributed by atoms with E-state index in [1.165, 1.54) is 24.5 Å². The van der Waals surface area contributed by atoms with E-state index in [-0.39, 0.29) is 5.91 Å². The molecule has 2 fully saturated rings. The van der Waals surface area contributed by atoms with Gasteiger partial charge in [0.15, 0.2) is 0 Å². The van der Waals surface area contributed by atoms with Crippen molar-refractivity contribution < 1.29 is 24.2 Å². The standard InChI is InChI=1S/C17H21NO5/c1-22-17(21)13-5-12(16(20)18-8-14(19)9-18)6-15(7-13)23-10-11-3-2-4-11/h5-7,11,14,19H,2-4,8-10H2,1H3. The molecule has 1 aromatic carbocycles. The van der Waals surface area contributed by atoms with Gasteiger partial charge in [-0.1, -0.05) is 6.42 Å². The largest absolute Gasteiger partial charge is 0.493 e. The van der Waals surface area contributed by atoms with E-state index in [1.807, 2.05) is 0 Å². The number of aliphatic hydroxyl groups excluding tert-OH is 1. The number of amides is 1. The SMILES string of the molecule is COC(=O)c1cc(OCC2CCC2)cc(C(=O)N2CC(O)C2)c1. The number of hydrogen-bond donors (Lipinski definition) is 1. The Bertz CT molecular complexity index is 605. The average Bonchev–Trinajstić information content (AvgIpc) is 2.48. The maximum atomic E-state index is 12.4. The minimum absolute atomic E-state index is 0.213. The number of likely N-dealkylation sites (tertiary alicyclic amines) is 1. The highest BCUT2D eigenvalue weighted by atomic mass is 16.5. The predicted molar refractivity (Wildman–Crippen MR) is 82.5 cm³/mol. The van der Waals surface area contributed by atoms with Crippen LogP contribution in [0.4, 0.5) is 0 Å². The lowest BCUT2D eigenvalue weighted by molar-refractivity contribution is 0.00586. The number of carbonyl (C=O) groups is 2. The molecular formula is C17H21NO5. The third-order valence-corrected chi connectivity index (χ3v) is 4.43. The van der Waals surface area contributed by atoms with Crippen molar-refractivity contribution in [3.63, 3.8) is 0 Å². The summed E-state index contributed by atoms with van der Waals surface area (Å²) in [5, 5.41) is 9.34. The fourth-order valence-corrected chi connectivity index (χ4v) is 2.72. The second-order valence-electron chi connectivity index (χ2n) is 6.21. The number of β-amino-alcohol motifs (C(OH)–C–C–N with tert-alkyl or cyclic N) is 1. The molecule has 124 valence electrons. The topological polar surface area (TPSA) is 76.1 Å². The Hall–Kier alpha value is -2.08. The molecule has 6 heteroatoms. The average molecular weight is 319 g/mol. The quantitative estimate of drug-likeness (QED) is 0.832. The Balaban J connectivity index is 1.78. The number of nitrogens with zero attached hydrogens (tertiary/aromatic N) is 1. The molecule has 1 amide bonds. The van der Waals surface area contributed by atoms with Gasteiger partial charge in [-0.3, -0.25) is 4.79 Å². The second kappa shape index (κ2) is 6.58. The number of carbonyl (C=O) groups excluding carboxylic acids is 2. The van der Waals surface area contributed by atoms with Gasteiger partial charge in [0.2, 0.25) is 0 Å². The van der Waals surface area contributed by atoms with Gasteiger partial charge in [-0.2, -0.15) is 0 Å². The Morgan fingerprint density at radius 2 is 1.91 bits per heavy atom. The van der Waals surface area contributed by atoms with E-state index in [0.29, 0.717) is 42.5 Å². The molecule has 0 unspecified atom stereocenters. The van der Waals surface area contributed by atoms with Gasteiger partial charge >= 0.3 is 5.97 Å². The number of methoxy groups -OCH3 is 1. The van der Waals surface area contributed by atoms with Crippen molar-refractivity contribution in [2.45, 2.75) is 25.4 Å². The van der Waals surface area contributed by atoms with Gasteiger partial charge in [-0.05, 0) is 37.0 Å². The lowest BCUT2D eigenvalue weighted by Gasteiger charge is -2.36. The molecule has 1 aliphatic heterocycles. The van der Waals surface area contributed by atoms with Crippen molar-refractivity contribution in [1.29, 1.82) is 0 Å². The van der Waals surface area contributed by atoms with Gasteiger partial charge in [0.1, 0.15) is 5.75 Å². The van der Waals surface area contributed by atoms with Crippen LogP contribution in [0.3, 0.4) is 0 Å². The van der Waals surface area contributed by atoms with E-state index >= 15 is 0 Å². The van der Waals surface area contributed by atoms with Crippen molar-refractivity contribution in [3.8, 4) is 5.75 Å². The number of esters is 1. The lowest BCUT2D eigenvalue weighted by Crippen LogP contribution is -2.53. The Kier molecular flexibility index (Phi) is 4.52. The van der Waals surface area contributed by atoms with E-state index in [9.17, 15) is 14.7 Å². The zero-order valence-electron chi connectivity index (χ0n) is 13.2. The first kappa shape index (κ1) is 15.8. The van der Waals surface area contributed by atoms with E-state index in [2.05, 4.69) is 0 Å². The molecule has 1 aliphatic carbocycles. The molecule has 0 aromatic heterocycles. The van der Waals surface area contributed by atoms with Crippen LogP contribution in [0.15, 0.2) is 18.2 Å². The molecule has 1 saturated heterocycles. The summed E-state index contributed by atoms with van der Waals surface area (Å²) in [5.74, 6) is 0.344. The van der Waals surface area contributed by atoms with Crippen LogP contribution in [0.2, 0.25) is 0 Å². The molecule has 0 spiro atoms. The smallest absolute Gasteiger partial charge is 0.338 e. The minimum Gasteiger partial charge on any atom is -0.493 e. The van der Waals surface area contributed by atoms with Gasteiger partial charge in [0.05, 0.1) is 25.4 Å². The maximum Gasteiger partial charge on any atom is 0.338 e. The molecule has 0 bridgehead atoms. The van der Waals surface area contributed by atoms with Crippen molar-refractivity contribution in [2.75, 3.05) is 26.8 Å². The molecular weight excluding hydrogens is 298 g/mol. The van der Waals surface area contributed by atoms with E-state index in [0.717, 1.165) is 12.8 Å². The highest BCUT2D eigenvalue weighted by Crippen LogP contribution is 2.28. The second-order valence-corrected chi connectivity index (χ2v) is 6.21. The molecule has 1 N–H and O–H groups in total. The van der Waals surface area contributed by atoms with Gasteiger partial charge in [0, 0.05) is 18.7 Å². The molecule has 3 rings (SSSR count). The van der Waals surface area contributed by atoms with E-state index in [1.54, 1.807) is 12.1 Å². The fourth-order valence-electron chi connectivity index (χ4n) is 2.72. The number of aliphatic hydroxyl groups is 1. The molecule has 1 heterocycles. The Labute approximate surface area is 135 Å². The summed E-state index contributed by atoms with van der Waals surface area (Å²) in [6, 6.07) is 4.76. The summed E-state index contributed by atoms with van der Waals surface area (Å²) in [7, 11) is 1.30. The molecule has 6 nitrogen and oxygen atoms in total. The highest BCUT2D eigenvalue weighted by molar-refractivity contribution is 5.99. The van der Waals surface area contributed by atoms with Crippen LogP contribution >= 0.6 is 0 Å². The molecule has 23 heavy (non-hydrogen) atoms. The number of hydrogen-bond acceptors (Lipinski definition) is 5. The van der Waals surface area contributed by atoms with Crippen molar-refractivity contribution in [1.82, 2.24) is 4.90 Å². The van der Waals surface area contributed by atoms with Gasteiger partial charge in [-0.15, -0.1) is 0 Å². The molecule has 1 saturated carbocycles. The Morgan fingerprint density at radius 3 is 2.48 bits per heavy atom. The summed E-state index contributed by atoms with van der Waals surface area (Å²) < 4.78 is 10.5. The summed E-state index contributed by atoms with van der Waals surface area (Å²) in [4.78, 5) is 25.7. The highest BCUT2D eigenvalue weighted by Gasteiger charge is 2.30. The van der Waals surface area contributed by atoms with Crippen LogP contribution in [-0.2, 0) is 4.74 Å². The first-order chi connectivity index (χ1) is 11.1. The number of ether oxygens (including phenoxy) is 2. The summed E-state index contributed by atoms with van der Waals surface area (Å²) in [6.07, 6.45) is 3.09. The van der Waals surface area contributed by atoms with Crippen LogP contribution in [0.1, 0.15) is 40.0 Å². The third-order valence-electron chi connectivity index (χ3n) is 4.43. The normalized spacial score (nSPS) is 18.1. The molecule has 0 atom stereocenters. The monoisotopic (exact) mass is 319 g/mol. The Morgan fingerprint density at radius 1 is 1.22 bits per heavy atom. The fraction of sp³-hybridized carbons (Fsp3) is 0.529. The van der Waals surface area contributed by atoms with Crippen molar-refractivity contribution >= 4 is 11.9 Å². The first-order valence-corrected chi connectivity index (χ1v) is 7.90. The zero-order chi connectivity index (χ0) is 16.4. The van der Waals surface area contributed by atoms with Crippen molar-refractivity contribution in [3.05, 3.63) is 29.3 Å². The summed E-state index contributed by atoms with van der Waals surface area (Å²) >= 11 is 0. The maximum absolute atomic E-state index is 12.4. The van der Waals surface area contributed by atoms with Gasteiger partial charge in [-0.25, -0.2) is 4.79 Å². The van der Waals surface area contributed by atoms with Gasteiger partial charge < -0.3 is 19.5 Å². The predicted octanol–water partition coefficient (Wildman–Crippen LogP) is 1.47. The molecule has 2 aliphatic rings. The molecule has 0 radical (unpaired) electrons. The molecule has 1 aromatic rings. The zero-order valence-corrected chi connectivity index (χ0v) is 13.2. The van der Waals surface area contributed by atoms with Crippen molar-refractivity contribution in [2.24, 2.45) is 5.92 Å². The minimum atomic E-state index is -0.503. The van der Waals surface area contributed by atoms with Crippen LogP contribution in [0.5, 0.6) is 5.75 Å².